The smallest absolute Gasteiger partial charge is 0.259 e. The first-order valence-corrected chi connectivity index (χ1v) is 12.8. The van der Waals surface area contributed by atoms with Crippen LogP contribution in [0.3, 0.4) is 0 Å². The minimum Gasteiger partial charge on any atom is -0.322 e. The van der Waals surface area contributed by atoms with Gasteiger partial charge in [0.2, 0.25) is 0 Å². The molecule has 180 valence electrons. The molecule has 1 aliphatic carbocycles. The van der Waals surface area contributed by atoms with Crippen LogP contribution in [-0.4, -0.2) is 23.4 Å². The van der Waals surface area contributed by atoms with E-state index in [0.29, 0.717) is 34.3 Å². The Kier molecular flexibility index (Phi) is 7.03. The summed E-state index contributed by atoms with van der Waals surface area (Å²) in [6, 6.07) is 20.2. The lowest BCUT2D eigenvalue weighted by Gasteiger charge is -2.28. The van der Waals surface area contributed by atoms with E-state index in [1.165, 1.54) is 18.9 Å². The van der Waals surface area contributed by atoms with E-state index in [1.54, 1.807) is 41.3 Å². The normalized spacial score (nSPS) is 19.6. The maximum atomic E-state index is 13.6. The summed E-state index contributed by atoms with van der Waals surface area (Å²) in [5.74, 6) is -0.537. The summed E-state index contributed by atoms with van der Waals surface area (Å²) in [6.45, 7) is 0. The van der Waals surface area contributed by atoms with Gasteiger partial charge in [0.05, 0.1) is 16.3 Å². The second kappa shape index (κ2) is 10.2. The quantitative estimate of drug-likeness (QED) is 0.276. The number of anilines is 2. The largest absolute Gasteiger partial charge is 0.322 e. The summed E-state index contributed by atoms with van der Waals surface area (Å²) in [5.41, 5.74) is 2.83. The molecule has 3 aromatic carbocycles. The lowest BCUT2D eigenvalue weighted by Crippen LogP contribution is -2.37. The lowest BCUT2D eigenvalue weighted by molar-refractivity contribution is 0.0982. The van der Waals surface area contributed by atoms with Gasteiger partial charge in [0, 0.05) is 28.4 Å². The Labute approximate surface area is 219 Å². The van der Waals surface area contributed by atoms with Gasteiger partial charge >= 0.3 is 0 Å². The summed E-state index contributed by atoms with van der Waals surface area (Å²) >= 11 is 18.8. The molecule has 0 spiro atoms. The van der Waals surface area contributed by atoms with E-state index in [4.69, 9.17) is 34.8 Å². The minimum atomic E-state index is -0.457. The number of rotatable bonds is 5. The SMILES string of the molecule is O=C(Nc1ccc(C(=O)N2c3ccccc3C(NC3CC3)CCC2Cl)cc1)c1ccc(Cl)cc1Cl. The van der Waals surface area contributed by atoms with Gasteiger partial charge in [0.1, 0.15) is 5.50 Å². The Morgan fingerprint density at radius 3 is 2.34 bits per heavy atom. The number of amides is 2. The predicted octanol–water partition coefficient (Wildman–Crippen LogP) is 7.04. The second-order valence-electron chi connectivity index (χ2n) is 8.89. The zero-order chi connectivity index (χ0) is 24.5. The van der Waals surface area contributed by atoms with Crippen molar-refractivity contribution >= 4 is 58.0 Å². The molecule has 1 heterocycles. The summed E-state index contributed by atoms with van der Waals surface area (Å²) in [5, 5.41) is 7.23. The van der Waals surface area contributed by atoms with Crippen LogP contribution in [0.2, 0.25) is 10.0 Å². The molecule has 2 N–H and O–H groups in total. The summed E-state index contributed by atoms with van der Waals surface area (Å²) in [7, 11) is 0. The first-order valence-electron chi connectivity index (χ1n) is 11.6. The first-order chi connectivity index (χ1) is 16.9. The van der Waals surface area contributed by atoms with Crippen LogP contribution in [0, 0.1) is 0 Å². The number of carbonyl (C=O) groups is 2. The Morgan fingerprint density at radius 1 is 0.886 bits per heavy atom. The van der Waals surface area contributed by atoms with Crippen molar-refractivity contribution in [2.75, 3.05) is 10.2 Å². The molecular formula is C27H24Cl3N3O2. The maximum absolute atomic E-state index is 13.6. The Bertz CT molecular complexity index is 1260. The molecule has 1 saturated carbocycles. The number of carbonyl (C=O) groups excluding carboxylic acids is 2. The third-order valence-electron chi connectivity index (χ3n) is 6.34. The number of hydrogen-bond donors (Lipinski definition) is 2. The highest BCUT2D eigenvalue weighted by Gasteiger charge is 2.34. The Balaban J connectivity index is 1.36. The zero-order valence-corrected chi connectivity index (χ0v) is 21.1. The number of alkyl halides is 1. The van der Waals surface area contributed by atoms with Gasteiger partial charge in [0.15, 0.2) is 0 Å². The van der Waals surface area contributed by atoms with E-state index in [1.807, 2.05) is 18.2 Å². The van der Waals surface area contributed by atoms with E-state index in [-0.39, 0.29) is 22.9 Å². The van der Waals surface area contributed by atoms with Crippen LogP contribution >= 0.6 is 34.8 Å². The van der Waals surface area contributed by atoms with Crippen LogP contribution in [-0.2, 0) is 0 Å². The molecule has 0 bridgehead atoms. The fourth-order valence-electron chi connectivity index (χ4n) is 4.39. The van der Waals surface area contributed by atoms with Crippen molar-refractivity contribution in [3.8, 4) is 0 Å². The van der Waals surface area contributed by atoms with Crippen LogP contribution in [0.1, 0.15) is 58.0 Å². The van der Waals surface area contributed by atoms with Crippen molar-refractivity contribution in [2.45, 2.75) is 43.3 Å². The zero-order valence-electron chi connectivity index (χ0n) is 18.8. The average Bonchev–Trinajstić information content (AvgIpc) is 3.67. The molecule has 3 aromatic rings. The number of para-hydroxylation sites is 1. The highest BCUT2D eigenvalue weighted by molar-refractivity contribution is 6.37. The molecule has 2 aliphatic rings. The molecule has 35 heavy (non-hydrogen) atoms. The summed E-state index contributed by atoms with van der Waals surface area (Å²) in [4.78, 5) is 27.9. The molecule has 5 nitrogen and oxygen atoms in total. The molecule has 8 heteroatoms. The van der Waals surface area contributed by atoms with Crippen molar-refractivity contribution < 1.29 is 9.59 Å². The Hall–Kier alpha value is -2.57. The fraction of sp³-hybridized carbons (Fsp3) is 0.259. The number of hydrogen-bond acceptors (Lipinski definition) is 3. The van der Waals surface area contributed by atoms with Crippen molar-refractivity contribution in [1.29, 1.82) is 0 Å². The van der Waals surface area contributed by atoms with Gasteiger partial charge in [-0.2, -0.15) is 0 Å². The molecule has 2 amide bonds. The van der Waals surface area contributed by atoms with E-state index in [2.05, 4.69) is 16.7 Å². The lowest BCUT2D eigenvalue weighted by atomic mass is 10.0. The van der Waals surface area contributed by atoms with Crippen LogP contribution in [0.5, 0.6) is 0 Å². The van der Waals surface area contributed by atoms with Gasteiger partial charge in [-0.3, -0.25) is 14.5 Å². The summed E-state index contributed by atoms with van der Waals surface area (Å²) < 4.78 is 0. The predicted molar refractivity (Wildman–Crippen MR) is 142 cm³/mol. The van der Waals surface area contributed by atoms with Crippen molar-refractivity contribution in [1.82, 2.24) is 5.32 Å². The van der Waals surface area contributed by atoms with Crippen molar-refractivity contribution in [3.05, 3.63) is 93.5 Å². The molecule has 0 aromatic heterocycles. The minimum absolute atomic E-state index is 0.176. The Morgan fingerprint density at radius 2 is 1.63 bits per heavy atom. The van der Waals surface area contributed by atoms with E-state index < -0.39 is 5.50 Å². The van der Waals surface area contributed by atoms with Gasteiger partial charge in [-0.05, 0) is 79.8 Å². The highest BCUT2D eigenvalue weighted by atomic mass is 35.5. The molecule has 1 fully saturated rings. The van der Waals surface area contributed by atoms with E-state index in [0.717, 1.165) is 17.7 Å². The molecule has 0 saturated heterocycles. The average molecular weight is 529 g/mol. The van der Waals surface area contributed by atoms with Gasteiger partial charge in [-0.1, -0.05) is 53.0 Å². The number of halogens is 3. The standard InChI is InChI=1S/C27H24Cl3N3O2/c28-17-7-12-20(22(29)15-17)26(34)32-19-8-5-16(6-9-19)27(35)33-24-4-2-1-3-21(24)23(13-14-25(33)30)31-18-10-11-18/h1-9,12,15,18,23,25,31H,10-11,13-14H2,(H,32,34). The molecule has 2 unspecified atom stereocenters. The number of benzene rings is 3. The van der Waals surface area contributed by atoms with Crippen LogP contribution in [0.4, 0.5) is 11.4 Å². The van der Waals surface area contributed by atoms with Crippen molar-refractivity contribution in [2.24, 2.45) is 0 Å². The molecule has 5 rings (SSSR count). The molecule has 0 radical (unpaired) electrons. The number of fused-ring (bicyclic) bond motifs is 1. The number of nitrogens with zero attached hydrogens (tertiary/aromatic N) is 1. The van der Waals surface area contributed by atoms with Crippen LogP contribution in [0.15, 0.2) is 66.7 Å². The van der Waals surface area contributed by atoms with E-state index in [9.17, 15) is 9.59 Å². The number of nitrogens with one attached hydrogen (secondary N) is 2. The second-order valence-corrected chi connectivity index (χ2v) is 10.2. The van der Waals surface area contributed by atoms with Gasteiger partial charge < -0.3 is 10.6 Å². The van der Waals surface area contributed by atoms with Gasteiger partial charge in [-0.15, -0.1) is 0 Å². The molecule has 2 atom stereocenters. The monoisotopic (exact) mass is 527 g/mol. The van der Waals surface area contributed by atoms with Gasteiger partial charge in [-0.25, -0.2) is 0 Å². The molecular weight excluding hydrogens is 505 g/mol. The van der Waals surface area contributed by atoms with Gasteiger partial charge in [0.25, 0.3) is 11.8 Å². The highest BCUT2D eigenvalue weighted by Crippen LogP contribution is 2.39. The summed E-state index contributed by atoms with van der Waals surface area (Å²) in [6.07, 6.45) is 3.93. The maximum Gasteiger partial charge on any atom is 0.259 e. The van der Waals surface area contributed by atoms with Crippen LogP contribution in [0.25, 0.3) is 0 Å². The third-order valence-corrected chi connectivity index (χ3v) is 7.31. The van der Waals surface area contributed by atoms with E-state index >= 15 is 0 Å². The topological polar surface area (TPSA) is 61.4 Å². The molecule has 1 aliphatic heterocycles. The third kappa shape index (κ3) is 5.34. The fourth-order valence-corrected chi connectivity index (χ4v) is 5.21. The van der Waals surface area contributed by atoms with Crippen molar-refractivity contribution in [3.63, 3.8) is 0 Å². The first kappa shape index (κ1) is 24.1. The van der Waals surface area contributed by atoms with Crippen LogP contribution < -0.4 is 15.5 Å².